The fourth-order valence-electron chi connectivity index (χ4n) is 2.40. The maximum absolute atomic E-state index is 13.4. The van der Waals surface area contributed by atoms with Gasteiger partial charge in [-0.3, -0.25) is 4.79 Å². The van der Waals surface area contributed by atoms with Crippen LogP contribution in [0, 0.1) is 5.82 Å². The van der Waals surface area contributed by atoms with E-state index in [1.165, 1.54) is 6.07 Å². The molecule has 0 N–H and O–H groups in total. The molecule has 1 aromatic heterocycles. The number of ketones is 1. The van der Waals surface area contributed by atoms with E-state index in [0.29, 0.717) is 5.56 Å². The van der Waals surface area contributed by atoms with E-state index >= 15 is 0 Å². The molecule has 0 aliphatic heterocycles. The minimum Gasteiger partial charge on any atom is -0.455 e. The minimum absolute atomic E-state index is 0.0690. The van der Waals surface area contributed by atoms with Crippen molar-refractivity contribution < 1.29 is 27.1 Å². The van der Waals surface area contributed by atoms with Crippen LogP contribution in [0.25, 0.3) is 0 Å². The molecule has 0 saturated heterocycles. The van der Waals surface area contributed by atoms with Crippen molar-refractivity contribution in [2.75, 3.05) is 0 Å². The van der Waals surface area contributed by atoms with Crippen LogP contribution in [-0.2, 0) is 6.42 Å². The number of hydrogen-bond donors (Lipinski definition) is 0. The molecule has 0 unspecified atom stereocenters. The topological polar surface area (TPSA) is 39.2 Å². The highest BCUT2D eigenvalue weighted by Crippen LogP contribution is 2.43. The summed E-state index contributed by atoms with van der Waals surface area (Å²) in [4.78, 5) is 15.6. The van der Waals surface area contributed by atoms with Crippen LogP contribution < -0.4 is 4.74 Å². The Morgan fingerprint density at radius 3 is 2.62 bits per heavy atom. The highest BCUT2D eigenvalue weighted by Gasteiger charge is 2.36. The van der Waals surface area contributed by atoms with Crippen molar-refractivity contribution in [1.82, 2.24) is 4.98 Å². The number of hydrogen-bond acceptors (Lipinski definition) is 4. The minimum atomic E-state index is -4.55. The normalized spacial score (nSPS) is 14.0. The zero-order valence-corrected chi connectivity index (χ0v) is 13.4. The van der Waals surface area contributed by atoms with E-state index in [0.717, 1.165) is 18.3 Å². The second-order valence-corrected chi connectivity index (χ2v) is 6.45. The van der Waals surface area contributed by atoms with E-state index in [1.54, 1.807) is 0 Å². The quantitative estimate of drug-likeness (QED) is 0.530. The Kier molecular flexibility index (Phi) is 4.44. The number of benzene rings is 1. The molecule has 2 aromatic rings. The van der Waals surface area contributed by atoms with Gasteiger partial charge in [0.2, 0.25) is 0 Å². The van der Waals surface area contributed by atoms with Gasteiger partial charge in [-0.1, -0.05) is 11.6 Å². The van der Waals surface area contributed by atoms with Gasteiger partial charge in [-0.15, -0.1) is 0 Å². The smallest absolute Gasteiger partial charge is 0.447 e. The lowest BCUT2D eigenvalue weighted by atomic mass is 10.1. The maximum Gasteiger partial charge on any atom is 0.447 e. The molecular weight excluding hydrogens is 370 g/mol. The van der Waals surface area contributed by atoms with Crippen LogP contribution in [0.15, 0.2) is 29.4 Å². The molecule has 1 aromatic carbocycles. The summed E-state index contributed by atoms with van der Waals surface area (Å²) in [6.07, 6.45) is 1.41. The van der Waals surface area contributed by atoms with Crippen LogP contribution in [0.3, 0.4) is 0 Å². The number of thioether (sulfide) groups is 1. The Bertz CT molecular complexity index is 806. The number of carbonyl (C=O) groups excluding carboxylic acids is 1. The van der Waals surface area contributed by atoms with Crippen molar-refractivity contribution in [3.8, 4) is 11.5 Å². The Balaban J connectivity index is 2.00. The first kappa shape index (κ1) is 17.0. The number of carbonyl (C=O) groups is 1. The Hall–Kier alpha value is -1.80. The number of rotatable bonds is 3. The van der Waals surface area contributed by atoms with E-state index in [-0.39, 0.29) is 34.9 Å². The zero-order chi connectivity index (χ0) is 17.5. The summed E-state index contributed by atoms with van der Waals surface area (Å²) in [5.41, 5.74) is -4.30. The molecule has 126 valence electrons. The van der Waals surface area contributed by atoms with Crippen LogP contribution >= 0.6 is 23.4 Å². The lowest BCUT2D eigenvalue weighted by molar-refractivity contribution is -0.0329. The number of halogens is 5. The summed E-state index contributed by atoms with van der Waals surface area (Å²) in [6, 6.07) is 3.52. The van der Waals surface area contributed by atoms with Crippen LogP contribution in [-0.4, -0.2) is 16.3 Å². The Morgan fingerprint density at radius 1 is 1.21 bits per heavy atom. The Morgan fingerprint density at radius 2 is 1.96 bits per heavy atom. The lowest BCUT2D eigenvalue weighted by Crippen LogP contribution is -2.06. The van der Waals surface area contributed by atoms with Gasteiger partial charge in [0.15, 0.2) is 5.78 Å². The van der Waals surface area contributed by atoms with Crippen LogP contribution in [0.5, 0.6) is 11.5 Å². The molecule has 24 heavy (non-hydrogen) atoms. The van der Waals surface area contributed by atoms with E-state index in [9.17, 15) is 22.4 Å². The lowest BCUT2D eigenvalue weighted by Gasteiger charge is -2.13. The molecule has 0 saturated carbocycles. The summed E-state index contributed by atoms with van der Waals surface area (Å²) in [7, 11) is 0. The third-order valence-corrected chi connectivity index (χ3v) is 4.22. The molecule has 3 rings (SSSR count). The number of nitrogens with zero attached hydrogens (tertiary/aromatic N) is 1. The molecular formula is C15H8ClF4NO2S. The fraction of sp³-hybridized carbons (Fsp3) is 0.200. The van der Waals surface area contributed by atoms with Gasteiger partial charge in [0.05, 0.1) is 11.8 Å². The number of ether oxygens (including phenoxy) is 1. The summed E-state index contributed by atoms with van der Waals surface area (Å²) >= 11 is 5.30. The van der Waals surface area contributed by atoms with E-state index in [4.69, 9.17) is 16.3 Å². The van der Waals surface area contributed by atoms with Gasteiger partial charge >= 0.3 is 5.51 Å². The zero-order valence-electron chi connectivity index (χ0n) is 11.8. The van der Waals surface area contributed by atoms with Gasteiger partial charge in [-0.25, -0.2) is 9.37 Å². The first-order valence-electron chi connectivity index (χ1n) is 6.68. The Labute approximate surface area is 143 Å². The maximum atomic E-state index is 13.4. The average Bonchev–Trinajstić information content (AvgIpc) is 2.82. The van der Waals surface area contributed by atoms with Gasteiger partial charge in [0, 0.05) is 34.8 Å². The molecule has 3 nitrogen and oxygen atoms in total. The third-order valence-electron chi connectivity index (χ3n) is 3.27. The van der Waals surface area contributed by atoms with Crippen molar-refractivity contribution in [2.24, 2.45) is 0 Å². The highest BCUT2D eigenvalue weighted by molar-refractivity contribution is 8.00. The van der Waals surface area contributed by atoms with Gasteiger partial charge < -0.3 is 4.74 Å². The van der Waals surface area contributed by atoms with Crippen molar-refractivity contribution in [2.45, 2.75) is 23.4 Å². The van der Waals surface area contributed by atoms with Gasteiger partial charge in [-0.2, -0.15) is 13.2 Å². The number of pyridine rings is 1. The number of alkyl halides is 3. The van der Waals surface area contributed by atoms with Crippen LogP contribution in [0.4, 0.5) is 17.6 Å². The second kappa shape index (κ2) is 6.25. The summed E-state index contributed by atoms with van der Waals surface area (Å²) in [5, 5.41) is -0.292. The molecule has 0 spiro atoms. The number of aromatic nitrogens is 1. The highest BCUT2D eigenvalue weighted by atomic mass is 35.5. The summed E-state index contributed by atoms with van der Waals surface area (Å²) in [5.74, 6) is -0.863. The molecule has 0 amide bonds. The molecule has 1 aliphatic rings. The predicted octanol–water partition coefficient (Wildman–Crippen LogP) is 5.41. The van der Waals surface area contributed by atoms with Crippen molar-refractivity contribution in [1.29, 1.82) is 0 Å². The SMILES string of the molecule is O=C1CCc2c(Oc3cc(F)cc(Cl)c3)cnc(SC(F)(F)F)c21. The molecule has 0 bridgehead atoms. The largest absolute Gasteiger partial charge is 0.455 e. The molecule has 1 heterocycles. The van der Waals surface area contributed by atoms with Crippen LogP contribution in [0.2, 0.25) is 5.02 Å². The van der Waals surface area contributed by atoms with E-state index < -0.39 is 33.9 Å². The number of Topliss-reactive ketones (excluding diaryl/α,β-unsaturated/α-hetero) is 1. The standard InChI is InChI=1S/C15H8ClF4NO2S/c16-7-3-8(17)5-9(4-7)23-12-6-21-14(24-15(18,19)20)13-10(12)1-2-11(13)22/h3-6H,1-2H2. The molecule has 0 atom stereocenters. The first-order chi connectivity index (χ1) is 11.2. The molecule has 0 fully saturated rings. The predicted molar refractivity (Wildman–Crippen MR) is 80.3 cm³/mol. The monoisotopic (exact) mass is 377 g/mol. The van der Waals surface area contributed by atoms with Crippen molar-refractivity contribution >= 4 is 29.1 Å². The second-order valence-electron chi connectivity index (χ2n) is 4.96. The summed E-state index contributed by atoms with van der Waals surface area (Å²) < 4.78 is 56.6. The van der Waals surface area contributed by atoms with E-state index in [2.05, 4.69) is 4.98 Å². The van der Waals surface area contributed by atoms with E-state index in [1.807, 2.05) is 0 Å². The average molecular weight is 378 g/mol. The van der Waals surface area contributed by atoms with Gasteiger partial charge in [0.25, 0.3) is 0 Å². The molecule has 9 heteroatoms. The van der Waals surface area contributed by atoms with Crippen molar-refractivity contribution in [3.63, 3.8) is 0 Å². The fourth-order valence-corrected chi connectivity index (χ4v) is 3.28. The van der Waals surface area contributed by atoms with Gasteiger partial charge in [0.1, 0.15) is 22.3 Å². The summed E-state index contributed by atoms with van der Waals surface area (Å²) in [6.45, 7) is 0. The van der Waals surface area contributed by atoms with Crippen molar-refractivity contribution in [3.05, 3.63) is 46.4 Å². The molecule has 0 radical (unpaired) electrons. The first-order valence-corrected chi connectivity index (χ1v) is 7.87. The van der Waals surface area contributed by atoms with Crippen LogP contribution in [0.1, 0.15) is 22.3 Å². The number of fused-ring (bicyclic) bond motifs is 1. The molecule has 1 aliphatic carbocycles. The third kappa shape index (κ3) is 3.64. The van der Waals surface area contributed by atoms with Gasteiger partial charge in [-0.05, 0) is 18.6 Å².